The van der Waals surface area contributed by atoms with Crippen molar-refractivity contribution in [3.63, 3.8) is 0 Å². The van der Waals surface area contributed by atoms with Crippen LogP contribution in [0.1, 0.15) is 50.9 Å². The summed E-state index contributed by atoms with van der Waals surface area (Å²) in [4.78, 5) is 17.6. The first-order valence-electron chi connectivity index (χ1n) is 10.9. The molecule has 1 aliphatic heterocycles. The Labute approximate surface area is 188 Å². The van der Waals surface area contributed by atoms with E-state index in [2.05, 4.69) is 5.32 Å². The van der Waals surface area contributed by atoms with E-state index in [0.717, 1.165) is 35.8 Å². The molecule has 3 aromatic rings. The second kappa shape index (κ2) is 8.28. The molecule has 7 heteroatoms. The van der Waals surface area contributed by atoms with Crippen LogP contribution in [0.5, 0.6) is 0 Å². The summed E-state index contributed by atoms with van der Waals surface area (Å²) in [7, 11) is 0. The maximum Gasteiger partial charge on any atom is 0.418 e. The van der Waals surface area contributed by atoms with Gasteiger partial charge in [0.05, 0.1) is 17.3 Å². The van der Waals surface area contributed by atoms with Crippen molar-refractivity contribution in [3.8, 4) is 0 Å². The number of alkyl halides is 3. The third-order valence-electron chi connectivity index (χ3n) is 6.33. The van der Waals surface area contributed by atoms with E-state index in [-0.39, 0.29) is 11.7 Å². The summed E-state index contributed by atoms with van der Waals surface area (Å²) >= 11 is 1.77. The highest BCUT2D eigenvalue weighted by Gasteiger charge is 2.38. The SMILES string of the molecule is O=C(Nc1ccccc1C(F)(F)F)N1CCc2c(sc3c2CCCC3)C1c1ccccc1. The van der Waals surface area contributed by atoms with Crippen molar-refractivity contribution >= 4 is 23.1 Å². The number of nitrogens with zero attached hydrogens (tertiary/aromatic N) is 1. The maximum atomic E-state index is 13.4. The van der Waals surface area contributed by atoms with E-state index in [0.29, 0.717) is 6.54 Å². The van der Waals surface area contributed by atoms with Crippen LogP contribution in [0.4, 0.5) is 23.7 Å². The number of halogens is 3. The van der Waals surface area contributed by atoms with Crippen LogP contribution in [0.3, 0.4) is 0 Å². The van der Waals surface area contributed by atoms with Crippen LogP contribution in [0, 0.1) is 0 Å². The molecule has 166 valence electrons. The van der Waals surface area contributed by atoms with Crippen molar-refractivity contribution in [3.05, 3.63) is 86.6 Å². The summed E-state index contributed by atoms with van der Waals surface area (Å²) in [5.41, 5.74) is 2.71. The summed E-state index contributed by atoms with van der Waals surface area (Å²) in [5, 5.41) is 2.55. The summed E-state index contributed by atoms with van der Waals surface area (Å²) < 4.78 is 40.3. The number of fused-ring (bicyclic) bond motifs is 3. The van der Waals surface area contributed by atoms with Gasteiger partial charge in [-0.3, -0.25) is 0 Å². The third-order valence-corrected chi connectivity index (χ3v) is 7.71. The number of urea groups is 1. The van der Waals surface area contributed by atoms with Gasteiger partial charge in [-0.2, -0.15) is 13.2 Å². The van der Waals surface area contributed by atoms with Crippen LogP contribution >= 0.6 is 11.3 Å². The van der Waals surface area contributed by atoms with Crippen molar-refractivity contribution in [1.82, 2.24) is 4.90 Å². The first-order valence-corrected chi connectivity index (χ1v) is 11.7. The Balaban J connectivity index is 1.53. The molecule has 2 amide bonds. The lowest BCUT2D eigenvalue weighted by Crippen LogP contribution is -2.42. The molecule has 5 rings (SSSR count). The number of rotatable bonds is 2. The molecule has 1 atom stereocenters. The predicted molar refractivity (Wildman–Crippen MR) is 120 cm³/mol. The topological polar surface area (TPSA) is 32.3 Å². The Morgan fingerprint density at radius 1 is 0.938 bits per heavy atom. The van der Waals surface area contributed by atoms with Crippen LogP contribution in [0.2, 0.25) is 0 Å². The van der Waals surface area contributed by atoms with Gasteiger partial charge in [0, 0.05) is 16.3 Å². The van der Waals surface area contributed by atoms with Gasteiger partial charge in [0.15, 0.2) is 0 Å². The van der Waals surface area contributed by atoms with Crippen LogP contribution in [0.25, 0.3) is 0 Å². The summed E-state index contributed by atoms with van der Waals surface area (Å²) in [6.45, 7) is 0.468. The van der Waals surface area contributed by atoms with Crippen molar-refractivity contribution in [2.75, 3.05) is 11.9 Å². The van der Waals surface area contributed by atoms with Crippen molar-refractivity contribution < 1.29 is 18.0 Å². The van der Waals surface area contributed by atoms with Gasteiger partial charge in [0.2, 0.25) is 0 Å². The average molecular weight is 457 g/mol. The number of thiophene rings is 1. The monoisotopic (exact) mass is 456 g/mol. The molecule has 3 nitrogen and oxygen atoms in total. The Hall–Kier alpha value is -2.80. The smallest absolute Gasteiger partial charge is 0.312 e. The highest BCUT2D eigenvalue weighted by Crippen LogP contribution is 2.45. The minimum absolute atomic E-state index is 0.215. The zero-order chi connectivity index (χ0) is 22.3. The first-order chi connectivity index (χ1) is 15.4. The fourth-order valence-electron chi connectivity index (χ4n) is 4.86. The van der Waals surface area contributed by atoms with Crippen molar-refractivity contribution in [1.29, 1.82) is 0 Å². The number of nitrogens with one attached hydrogen (secondary N) is 1. The molecule has 1 unspecified atom stereocenters. The minimum Gasteiger partial charge on any atom is -0.312 e. The molecule has 0 radical (unpaired) electrons. The van der Waals surface area contributed by atoms with E-state index >= 15 is 0 Å². The molecule has 2 heterocycles. The highest BCUT2D eigenvalue weighted by molar-refractivity contribution is 7.12. The van der Waals surface area contributed by atoms with Crippen molar-refractivity contribution in [2.24, 2.45) is 0 Å². The number of amides is 2. The molecule has 0 spiro atoms. The zero-order valence-corrected chi connectivity index (χ0v) is 18.2. The molecule has 32 heavy (non-hydrogen) atoms. The van der Waals surface area contributed by atoms with Gasteiger partial charge < -0.3 is 10.2 Å². The molecule has 1 aromatic heterocycles. The molecule has 1 N–H and O–H groups in total. The maximum absolute atomic E-state index is 13.4. The quantitative estimate of drug-likeness (QED) is 0.451. The standard InChI is InChI=1S/C25H23F3N2OS/c26-25(27,28)19-11-5-6-12-20(19)29-24(31)30-15-14-18-17-10-4-7-13-21(17)32-23(18)22(30)16-8-2-1-3-9-16/h1-3,5-6,8-9,11-12,22H,4,7,10,13-15H2,(H,29,31). The Morgan fingerprint density at radius 2 is 1.66 bits per heavy atom. The summed E-state index contributed by atoms with van der Waals surface area (Å²) in [6.07, 6.45) is 0.711. The largest absolute Gasteiger partial charge is 0.418 e. The fourth-order valence-corrected chi connectivity index (χ4v) is 6.45. The van der Waals surface area contributed by atoms with Gasteiger partial charge in [-0.15, -0.1) is 11.3 Å². The second-order valence-electron chi connectivity index (χ2n) is 8.28. The van der Waals surface area contributed by atoms with Crippen LogP contribution < -0.4 is 5.32 Å². The molecular formula is C25H23F3N2OS. The Morgan fingerprint density at radius 3 is 2.44 bits per heavy atom. The number of benzene rings is 2. The number of hydrogen-bond donors (Lipinski definition) is 1. The third kappa shape index (κ3) is 3.79. The first kappa shape index (κ1) is 21.1. The molecule has 0 saturated heterocycles. The van der Waals surface area contributed by atoms with Gasteiger partial charge in [-0.25, -0.2) is 4.79 Å². The van der Waals surface area contributed by atoms with Gasteiger partial charge in [0.25, 0.3) is 0 Å². The lowest BCUT2D eigenvalue weighted by atomic mass is 9.88. The van der Waals surface area contributed by atoms with Gasteiger partial charge >= 0.3 is 12.2 Å². The average Bonchev–Trinajstić information content (AvgIpc) is 3.17. The van der Waals surface area contributed by atoms with E-state index in [9.17, 15) is 18.0 Å². The number of hydrogen-bond acceptors (Lipinski definition) is 2. The summed E-state index contributed by atoms with van der Waals surface area (Å²) in [5.74, 6) is 0. The number of aryl methyl sites for hydroxylation is 1. The fraction of sp³-hybridized carbons (Fsp3) is 0.320. The molecule has 2 aromatic carbocycles. The highest BCUT2D eigenvalue weighted by atomic mass is 32.1. The molecule has 1 aliphatic carbocycles. The van der Waals surface area contributed by atoms with Crippen LogP contribution in [0.15, 0.2) is 54.6 Å². The van der Waals surface area contributed by atoms with Gasteiger partial charge in [0.1, 0.15) is 0 Å². The van der Waals surface area contributed by atoms with E-state index < -0.39 is 17.8 Å². The Kier molecular flexibility index (Phi) is 5.45. The van der Waals surface area contributed by atoms with E-state index in [1.807, 2.05) is 30.3 Å². The number of anilines is 1. The van der Waals surface area contributed by atoms with Crippen LogP contribution in [-0.2, 0) is 25.4 Å². The molecule has 0 fully saturated rings. The normalized spacial score (nSPS) is 18.1. The number of para-hydroxylation sites is 1. The van der Waals surface area contributed by atoms with E-state index in [1.54, 1.807) is 16.2 Å². The number of carbonyl (C=O) groups excluding carboxylic acids is 1. The van der Waals surface area contributed by atoms with E-state index in [4.69, 9.17) is 0 Å². The minimum atomic E-state index is -4.54. The zero-order valence-electron chi connectivity index (χ0n) is 17.4. The molecular weight excluding hydrogens is 433 g/mol. The van der Waals surface area contributed by atoms with Gasteiger partial charge in [-0.05, 0) is 60.9 Å². The Bertz CT molecular complexity index is 1140. The second-order valence-corrected chi connectivity index (χ2v) is 9.42. The lowest BCUT2D eigenvalue weighted by molar-refractivity contribution is -0.136. The number of carbonyl (C=O) groups is 1. The predicted octanol–water partition coefficient (Wildman–Crippen LogP) is 6.83. The van der Waals surface area contributed by atoms with Crippen molar-refractivity contribution in [2.45, 2.75) is 44.3 Å². The molecule has 2 aliphatic rings. The van der Waals surface area contributed by atoms with Gasteiger partial charge in [-0.1, -0.05) is 42.5 Å². The molecule has 0 bridgehead atoms. The summed E-state index contributed by atoms with van der Waals surface area (Å²) in [6, 6.07) is 14.1. The molecule has 0 saturated carbocycles. The lowest BCUT2D eigenvalue weighted by Gasteiger charge is -2.36. The van der Waals surface area contributed by atoms with E-state index in [1.165, 1.54) is 47.0 Å². The van der Waals surface area contributed by atoms with Crippen LogP contribution in [-0.4, -0.2) is 17.5 Å².